The topological polar surface area (TPSA) is 63.3 Å². The molecule has 0 fully saturated rings. The Bertz CT molecular complexity index is 293. The number of Topliss-reactive ketones (excluding diaryl/α,β-unsaturated/α-hetero) is 1. The maximum atomic E-state index is 11.2. The van der Waals surface area contributed by atoms with Gasteiger partial charge in [0.25, 0.3) is 0 Å². The predicted molar refractivity (Wildman–Crippen MR) is 55.2 cm³/mol. The molecule has 0 aliphatic carbocycles. The quantitative estimate of drug-likeness (QED) is 0.678. The molecular formula is C11H15NO2. The molecule has 1 aromatic carbocycles. The number of ketones is 1. The molecule has 14 heavy (non-hydrogen) atoms. The van der Waals surface area contributed by atoms with E-state index < -0.39 is 0 Å². The van der Waals surface area contributed by atoms with Crippen LogP contribution in [0.5, 0.6) is 0 Å². The lowest BCUT2D eigenvalue weighted by Gasteiger charge is -2.01. The van der Waals surface area contributed by atoms with Crippen molar-refractivity contribution < 1.29 is 9.90 Å². The van der Waals surface area contributed by atoms with Crippen LogP contribution in [-0.2, 0) is 6.42 Å². The van der Waals surface area contributed by atoms with Gasteiger partial charge in [0, 0.05) is 12.2 Å². The molecule has 0 heterocycles. The van der Waals surface area contributed by atoms with Crippen molar-refractivity contribution in [2.45, 2.75) is 12.8 Å². The molecule has 0 bridgehead atoms. The van der Waals surface area contributed by atoms with E-state index in [1.165, 1.54) is 0 Å². The van der Waals surface area contributed by atoms with Crippen LogP contribution in [0.15, 0.2) is 24.3 Å². The Morgan fingerprint density at radius 3 is 2.43 bits per heavy atom. The van der Waals surface area contributed by atoms with Crippen LogP contribution in [-0.4, -0.2) is 24.0 Å². The van der Waals surface area contributed by atoms with Crippen molar-refractivity contribution in [2.75, 3.05) is 13.2 Å². The zero-order chi connectivity index (χ0) is 10.4. The van der Waals surface area contributed by atoms with Gasteiger partial charge in [0.2, 0.25) is 0 Å². The van der Waals surface area contributed by atoms with Gasteiger partial charge in [-0.1, -0.05) is 24.3 Å². The normalized spacial score (nSPS) is 10.1. The first-order valence-electron chi connectivity index (χ1n) is 4.71. The minimum atomic E-state index is -0.0429. The molecule has 1 aromatic rings. The molecule has 0 aliphatic rings. The second-order valence-electron chi connectivity index (χ2n) is 3.15. The third kappa shape index (κ3) is 2.94. The average Bonchev–Trinajstić information content (AvgIpc) is 2.26. The van der Waals surface area contributed by atoms with Gasteiger partial charge in [-0.05, 0) is 18.4 Å². The van der Waals surface area contributed by atoms with Crippen LogP contribution in [0.2, 0.25) is 0 Å². The lowest BCUT2D eigenvalue weighted by atomic mass is 10.1. The van der Waals surface area contributed by atoms with Crippen molar-refractivity contribution >= 4 is 5.78 Å². The number of aliphatic hydroxyl groups excluding tert-OH is 1. The average molecular weight is 193 g/mol. The minimum absolute atomic E-state index is 0.0429. The van der Waals surface area contributed by atoms with Crippen molar-refractivity contribution in [3.05, 3.63) is 35.4 Å². The van der Waals surface area contributed by atoms with E-state index >= 15 is 0 Å². The fourth-order valence-electron chi connectivity index (χ4n) is 1.26. The molecule has 0 amide bonds. The van der Waals surface area contributed by atoms with Gasteiger partial charge in [-0.2, -0.15) is 0 Å². The van der Waals surface area contributed by atoms with Gasteiger partial charge < -0.3 is 10.8 Å². The minimum Gasteiger partial charge on any atom is -0.396 e. The number of benzene rings is 1. The fraction of sp³-hybridized carbons (Fsp3) is 0.364. The van der Waals surface area contributed by atoms with Crippen LogP contribution < -0.4 is 5.73 Å². The molecule has 1 rings (SSSR count). The van der Waals surface area contributed by atoms with Gasteiger partial charge >= 0.3 is 0 Å². The molecule has 3 nitrogen and oxygen atoms in total. The lowest BCUT2D eigenvalue weighted by Crippen LogP contribution is -2.13. The molecule has 0 aliphatic heterocycles. The smallest absolute Gasteiger partial charge is 0.176 e. The second-order valence-corrected chi connectivity index (χ2v) is 3.15. The number of hydrogen-bond acceptors (Lipinski definition) is 3. The second kappa shape index (κ2) is 5.52. The highest BCUT2D eigenvalue weighted by molar-refractivity contribution is 5.97. The fourth-order valence-corrected chi connectivity index (χ4v) is 1.26. The molecule has 0 saturated heterocycles. The van der Waals surface area contributed by atoms with Gasteiger partial charge in [0.15, 0.2) is 5.78 Å². The summed E-state index contributed by atoms with van der Waals surface area (Å²) >= 11 is 0. The summed E-state index contributed by atoms with van der Waals surface area (Å²) < 4.78 is 0. The van der Waals surface area contributed by atoms with Crippen molar-refractivity contribution in [1.29, 1.82) is 0 Å². The van der Waals surface area contributed by atoms with Gasteiger partial charge in [-0.3, -0.25) is 4.79 Å². The molecule has 3 heteroatoms. The van der Waals surface area contributed by atoms with Crippen molar-refractivity contribution in [3.63, 3.8) is 0 Å². The summed E-state index contributed by atoms with van der Waals surface area (Å²) in [5.41, 5.74) is 7.02. The summed E-state index contributed by atoms with van der Waals surface area (Å²) in [5.74, 6) is -0.0429. The van der Waals surface area contributed by atoms with E-state index in [0.717, 1.165) is 18.4 Å². The Labute approximate surface area is 83.6 Å². The van der Waals surface area contributed by atoms with Crippen LogP contribution >= 0.6 is 0 Å². The highest BCUT2D eigenvalue weighted by Crippen LogP contribution is 2.06. The Morgan fingerprint density at radius 2 is 1.93 bits per heavy atom. The standard InChI is InChI=1S/C11H15NO2/c12-8-11(14)10-5-3-9(4-6-10)2-1-7-13/h3-6,13H,1-2,7-8,12H2. The first-order chi connectivity index (χ1) is 6.77. The predicted octanol–water partition coefficient (Wildman–Crippen LogP) is 0.753. The van der Waals surface area contributed by atoms with E-state index in [1.807, 2.05) is 12.1 Å². The van der Waals surface area contributed by atoms with Crippen LogP contribution in [0.25, 0.3) is 0 Å². The SMILES string of the molecule is NCC(=O)c1ccc(CCCO)cc1. The molecule has 0 unspecified atom stereocenters. The largest absolute Gasteiger partial charge is 0.396 e. The van der Waals surface area contributed by atoms with E-state index in [-0.39, 0.29) is 18.9 Å². The van der Waals surface area contributed by atoms with E-state index in [0.29, 0.717) is 5.56 Å². The zero-order valence-electron chi connectivity index (χ0n) is 8.07. The summed E-state index contributed by atoms with van der Waals surface area (Å²) in [5, 5.41) is 8.64. The molecule has 0 saturated carbocycles. The van der Waals surface area contributed by atoms with Gasteiger partial charge in [0.1, 0.15) is 0 Å². The van der Waals surface area contributed by atoms with Gasteiger partial charge in [-0.25, -0.2) is 0 Å². The highest BCUT2D eigenvalue weighted by Gasteiger charge is 2.02. The first-order valence-corrected chi connectivity index (χ1v) is 4.71. The van der Waals surface area contributed by atoms with E-state index in [9.17, 15) is 4.79 Å². The highest BCUT2D eigenvalue weighted by atomic mass is 16.2. The molecular weight excluding hydrogens is 178 g/mol. The molecule has 0 aromatic heterocycles. The lowest BCUT2D eigenvalue weighted by molar-refractivity contribution is 0.100. The van der Waals surface area contributed by atoms with E-state index in [2.05, 4.69) is 0 Å². The maximum absolute atomic E-state index is 11.2. The Morgan fingerprint density at radius 1 is 1.29 bits per heavy atom. The summed E-state index contributed by atoms with van der Waals surface area (Å²) in [4.78, 5) is 11.2. The molecule has 0 radical (unpaired) electrons. The molecule has 0 atom stereocenters. The maximum Gasteiger partial charge on any atom is 0.176 e. The first kappa shape index (κ1) is 10.9. The number of carbonyl (C=O) groups is 1. The number of aliphatic hydroxyl groups is 1. The Balaban J connectivity index is 2.63. The third-order valence-corrected chi connectivity index (χ3v) is 2.08. The monoisotopic (exact) mass is 193 g/mol. The number of aryl methyl sites for hydroxylation is 1. The third-order valence-electron chi connectivity index (χ3n) is 2.08. The molecule has 76 valence electrons. The number of nitrogens with two attached hydrogens (primary N) is 1. The number of hydrogen-bond donors (Lipinski definition) is 2. The van der Waals surface area contributed by atoms with Crippen LogP contribution in [0.3, 0.4) is 0 Å². The Kier molecular flexibility index (Phi) is 4.29. The van der Waals surface area contributed by atoms with E-state index in [1.54, 1.807) is 12.1 Å². The van der Waals surface area contributed by atoms with Crippen LogP contribution in [0, 0.1) is 0 Å². The Hall–Kier alpha value is -1.19. The summed E-state index contributed by atoms with van der Waals surface area (Å²) in [7, 11) is 0. The zero-order valence-corrected chi connectivity index (χ0v) is 8.07. The summed E-state index contributed by atoms with van der Waals surface area (Å²) in [6.07, 6.45) is 1.60. The van der Waals surface area contributed by atoms with Crippen molar-refractivity contribution in [2.24, 2.45) is 5.73 Å². The number of carbonyl (C=O) groups excluding carboxylic acids is 1. The van der Waals surface area contributed by atoms with Crippen LogP contribution in [0.4, 0.5) is 0 Å². The van der Waals surface area contributed by atoms with Gasteiger partial charge in [-0.15, -0.1) is 0 Å². The summed E-state index contributed by atoms with van der Waals surface area (Å²) in [6, 6.07) is 7.36. The summed E-state index contributed by atoms with van der Waals surface area (Å²) in [6.45, 7) is 0.249. The van der Waals surface area contributed by atoms with Crippen molar-refractivity contribution in [3.8, 4) is 0 Å². The van der Waals surface area contributed by atoms with Crippen molar-refractivity contribution in [1.82, 2.24) is 0 Å². The van der Waals surface area contributed by atoms with Gasteiger partial charge in [0.05, 0.1) is 6.54 Å². The molecule has 0 spiro atoms. The number of rotatable bonds is 5. The molecule has 3 N–H and O–H groups in total. The van der Waals surface area contributed by atoms with E-state index in [4.69, 9.17) is 10.8 Å². The van der Waals surface area contributed by atoms with Crippen LogP contribution in [0.1, 0.15) is 22.3 Å².